The van der Waals surface area contributed by atoms with Crippen molar-refractivity contribution in [1.29, 1.82) is 0 Å². The van der Waals surface area contributed by atoms with Crippen LogP contribution < -0.4 is 0 Å². The number of rotatable bonds is 2. The molecule has 1 aromatic carbocycles. The highest BCUT2D eigenvalue weighted by molar-refractivity contribution is 5.32. The average molecular weight is 230 g/mol. The van der Waals surface area contributed by atoms with Crippen molar-refractivity contribution >= 4 is 0 Å². The minimum atomic E-state index is 0.0268. The van der Waals surface area contributed by atoms with Gasteiger partial charge in [-0.3, -0.25) is 0 Å². The molecule has 2 nitrogen and oxygen atoms in total. The molecule has 1 aliphatic heterocycles. The summed E-state index contributed by atoms with van der Waals surface area (Å²) >= 11 is 0. The van der Waals surface area contributed by atoms with Crippen LogP contribution in [0.25, 0.3) is 0 Å². The van der Waals surface area contributed by atoms with Crippen LogP contribution in [0.4, 0.5) is 0 Å². The quantitative estimate of drug-likeness (QED) is 0.729. The normalized spacial score (nSPS) is 46.6. The monoisotopic (exact) mass is 230 g/mol. The van der Waals surface area contributed by atoms with Gasteiger partial charge >= 0.3 is 0 Å². The fourth-order valence-electron chi connectivity index (χ4n) is 4.33. The maximum absolute atomic E-state index is 6.16. The maximum atomic E-state index is 6.16. The molecule has 0 amide bonds. The molecule has 90 valence electrons. The second-order valence-corrected chi connectivity index (χ2v) is 5.69. The van der Waals surface area contributed by atoms with E-state index in [0.717, 1.165) is 11.8 Å². The van der Waals surface area contributed by atoms with Gasteiger partial charge in [0.1, 0.15) is 11.7 Å². The molecule has 17 heavy (non-hydrogen) atoms. The summed E-state index contributed by atoms with van der Waals surface area (Å²) in [7, 11) is 1.84. The Kier molecular flexibility index (Phi) is 1.98. The van der Waals surface area contributed by atoms with E-state index in [1.165, 1.54) is 24.8 Å². The molecule has 4 rings (SSSR count). The summed E-state index contributed by atoms with van der Waals surface area (Å²) < 4.78 is 11.9. The first-order valence-electron chi connectivity index (χ1n) is 6.62. The molecule has 0 radical (unpaired) electrons. The van der Waals surface area contributed by atoms with E-state index in [0.29, 0.717) is 6.10 Å². The van der Waals surface area contributed by atoms with Gasteiger partial charge in [-0.25, -0.2) is 0 Å². The van der Waals surface area contributed by atoms with E-state index < -0.39 is 0 Å². The Balaban J connectivity index is 1.68. The van der Waals surface area contributed by atoms with E-state index in [9.17, 15) is 0 Å². The third-order valence-corrected chi connectivity index (χ3v) is 5.01. The molecule has 0 N–H and O–H groups in total. The van der Waals surface area contributed by atoms with Crippen molar-refractivity contribution in [2.24, 2.45) is 11.8 Å². The topological polar surface area (TPSA) is 21.8 Å². The van der Waals surface area contributed by atoms with Crippen molar-refractivity contribution in [2.45, 2.75) is 37.1 Å². The molecule has 2 aliphatic carbocycles. The van der Waals surface area contributed by atoms with Crippen LogP contribution in [0.5, 0.6) is 0 Å². The number of hydrogen-bond donors (Lipinski definition) is 0. The van der Waals surface area contributed by atoms with Crippen molar-refractivity contribution in [1.82, 2.24) is 0 Å². The maximum Gasteiger partial charge on any atom is 0.128 e. The molecule has 1 spiro atoms. The van der Waals surface area contributed by atoms with Gasteiger partial charge in [-0.15, -0.1) is 0 Å². The number of benzene rings is 1. The molecule has 5 atom stereocenters. The lowest BCUT2D eigenvalue weighted by atomic mass is 9.81. The van der Waals surface area contributed by atoms with Crippen molar-refractivity contribution in [2.75, 3.05) is 7.11 Å². The average Bonchev–Trinajstić information content (AvgIpc) is 2.80. The zero-order valence-electron chi connectivity index (χ0n) is 10.1. The summed E-state index contributed by atoms with van der Waals surface area (Å²) in [5.74, 6) is 1.46. The molecule has 2 saturated carbocycles. The highest BCUT2D eigenvalue weighted by Gasteiger charge is 2.73. The number of fused-ring (bicyclic) bond motifs is 3. The highest BCUT2D eigenvalue weighted by Crippen LogP contribution is 2.68. The van der Waals surface area contributed by atoms with E-state index in [1.54, 1.807) is 0 Å². The zero-order valence-corrected chi connectivity index (χ0v) is 10.1. The standard InChI is InChI=1S/C15H18O2/c1-16-13-11-7-8-12(9-11)15(13)14(17-15)10-5-3-2-4-6-10/h2-6,11-14H,7-9H2,1H3/t11-,12+,13-,14-,15-/m0/s1. The second-order valence-electron chi connectivity index (χ2n) is 5.69. The van der Waals surface area contributed by atoms with E-state index in [2.05, 4.69) is 30.3 Å². The fraction of sp³-hybridized carbons (Fsp3) is 0.600. The number of hydrogen-bond acceptors (Lipinski definition) is 2. The summed E-state index contributed by atoms with van der Waals surface area (Å²) in [6.07, 6.45) is 4.57. The van der Waals surface area contributed by atoms with E-state index in [4.69, 9.17) is 9.47 Å². The zero-order chi connectivity index (χ0) is 11.5. The largest absolute Gasteiger partial charge is 0.378 e. The molecule has 1 aromatic rings. The van der Waals surface area contributed by atoms with Crippen LogP contribution in [-0.4, -0.2) is 18.8 Å². The van der Waals surface area contributed by atoms with Crippen LogP contribution in [0.1, 0.15) is 30.9 Å². The van der Waals surface area contributed by atoms with Crippen LogP contribution in [-0.2, 0) is 9.47 Å². The SMILES string of the molecule is CO[C@H]1[C@H]2CC[C@H](C2)[C@]12O[C@H]2c1ccccc1. The molecule has 3 aliphatic rings. The molecule has 0 unspecified atom stereocenters. The van der Waals surface area contributed by atoms with Gasteiger partial charge in [0, 0.05) is 7.11 Å². The minimum absolute atomic E-state index is 0.0268. The van der Waals surface area contributed by atoms with Crippen molar-refractivity contribution in [3.8, 4) is 0 Å². The lowest BCUT2D eigenvalue weighted by Gasteiger charge is -2.27. The Labute approximate surface area is 102 Å². The summed E-state index contributed by atoms with van der Waals surface area (Å²) in [6.45, 7) is 0. The van der Waals surface area contributed by atoms with Crippen molar-refractivity contribution < 1.29 is 9.47 Å². The van der Waals surface area contributed by atoms with Gasteiger partial charge in [0.25, 0.3) is 0 Å². The summed E-state index contributed by atoms with van der Waals surface area (Å²) in [6, 6.07) is 10.6. The van der Waals surface area contributed by atoms with E-state index in [-0.39, 0.29) is 11.7 Å². The molecular formula is C15H18O2. The van der Waals surface area contributed by atoms with E-state index >= 15 is 0 Å². The van der Waals surface area contributed by atoms with Gasteiger partial charge in [0.2, 0.25) is 0 Å². The first-order valence-corrected chi connectivity index (χ1v) is 6.62. The molecular weight excluding hydrogens is 212 g/mol. The van der Waals surface area contributed by atoms with Crippen LogP contribution in [0.2, 0.25) is 0 Å². The molecule has 2 bridgehead atoms. The second kappa shape index (κ2) is 3.33. The molecule has 2 heteroatoms. The molecule has 1 heterocycles. The third-order valence-electron chi connectivity index (χ3n) is 5.01. The lowest BCUT2D eigenvalue weighted by Crippen LogP contribution is -2.38. The minimum Gasteiger partial charge on any atom is -0.378 e. The van der Waals surface area contributed by atoms with Gasteiger partial charge in [0.05, 0.1) is 6.10 Å². The Morgan fingerprint density at radius 2 is 2.06 bits per heavy atom. The highest BCUT2D eigenvalue weighted by atomic mass is 16.6. The predicted octanol–water partition coefficient (Wildman–Crippen LogP) is 2.94. The number of epoxide rings is 1. The number of ether oxygens (including phenoxy) is 2. The Morgan fingerprint density at radius 3 is 2.82 bits per heavy atom. The first-order chi connectivity index (χ1) is 8.36. The van der Waals surface area contributed by atoms with Gasteiger partial charge < -0.3 is 9.47 Å². The van der Waals surface area contributed by atoms with Crippen LogP contribution >= 0.6 is 0 Å². The molecule has 3 fully saturated rings. The van der Waals surface area contributed by atoms with Gasteiger partial charge in [-0.1, -0.05) is 30.3 Å². The summed E-state index contributed by atoms with van der Waals surface area (Å²) in [4.78, 5) is 0. The summed E-state index contributed by atoms with van der Waals surface area (Å²) in [5.41, 5.74) is 1.35. The Hall–Kier alpha value is -0.860. The van der Waals surface area contributed by atoms with Crippen molar-refractivity contribution in [3.63, 3.8) is 0 Å². The Morgan fingerprint density at radius 1 is 1.24 bits per heavy atom. The Bertz CT molecular complexity index is 430. The van der Waals surface area contributed by atoms with Gasteiger partial charge in [0.15, 0.2) is 0 Å². The third kappa shape index (κ3) is 1.18. The first kappa shape index (κ1) is 10.1. The van der Waals surface area contributed by atoms with Crippen molar-refractivity contribution in [3.05, 3.63) is 35.9 Å². The number of methoxy groups -OCH3 is 1. The van der Waals surface area contributed by atoms with E-state index in [1.807, 2.05) is 7.11 Å². The molecule has 0 aromatic heterocycles. The fourth-order valence-corrected chi connectivity index (χ4v) is 4.33. The predicted molar refractivity (Wildman–Crippen MR) is 64.6 cm³/mol. The van der Waals surface area contributed by atoms with Crippen LogP contribution in [0.15, 0.2) is 30.3 Å². The van der Waals surface area contributed by atoms with Crippen LogP contribution in [0.3, 0.4) is 0 Å². The smallest absolute Gasteiger partial charge is 0.128 e. The molecule has 1 saturated heterocycles. The van der Waals surface area contributed by atoms with Gasteiger partial charge in [-0.2, -0.15) is 0 Å². The van der Waals surface area contributed by atoms with Gasteiger partial charge in [-0.05, 0) is 36.7 Å². The lowest BCUT2D eigenvalue weighted by molar-refractivity contribution is -0.00526. The summed E-state index contributed by atoms with van der Waals surface area (Å²) in [5, 5.41) is 0. The van der Waals surface area contributed by atoms with Crippen LogP contribution in [0, 0.1) is 11.8 Å².